The zero-order chi connectivity index (χ0) is 18.4. The van der Waals surface area contributed by atoms with E-state index in [-0.39, 0.29) is 11.8 Å². The summed E-state index contributed by atoms with van der Waals surface area (Å²) in [6, 6.07) is 13.5. The van der Waals surface area contributed by atoms with Gasteiger partial charge in [0.25, 0.3) is 0 Å². The highest BCUT2D eigenvalue weighted by atomic mass is 19.1. The predicted molar refractivity (Wildman–Crippen MR) is 101 cm³/mol. The minimum Gasteiger partial charge on any atom is -0.492 e. The van der Waals surface area contributed by atoms with Gasteiger partial charge in [-0.2, -0.15) is 0 Å². The van der Waals surface area contributed by atoms with Gasteiger partial charge in [0, 0.05) is 20.1 Å². The maximum atomic E-state index is 12.9. The first-order valence-corrected chi connectivity index (χ1v) is 8.88. The number of hydrogen-bond acceptors (Lipinski definition) is 3. The summed E-state index contributed by atoms with van der Waals surface area (Å²) in [6.45, 7) is 2.81. The van der Waals surface area contributed by atoms with Crippen molar-refractivity contribution in [2.75, 3.05) is 43.5 Å². The van der Waals surface area contributed by atoms with Crippen LogP contribution in [0.15, 0.2) is 48.5 Å². The number of urea groups is 1. The van der Waals surface area contributed by atoms with E-state index in [1.807, 2.05) is 24.3 Å². The maximum absolute atomic E-state index is 12.9. The predicted octanol–water partition coefficient (Wildman–Crippen LogP) is 3.97. The van der Waals surface area contributed by atoms with Gasteiger partial charge in [-0.05, 0) is 49.2 Å². The lowest BCUT2D eigenvalue weighted by molar-refractivity contribution is 0.207. The van der Waals surface area contributed by atoms with Crippen LogP contribution in [-0.2, 0) is 0 Å². The number of para-hydroxylation sites is 2. The maximum Gasteiger partial charge on any atom is 0.321 e. The summed E-state index contributed by atoms with van der Waals surface area (Å²) in [5.74, 6) is 0.283. The SMILES string of the molecule is CN(CCOc1ccc(F)cc1)C(=O)Nc1ccccc1N1CCCC1. The van der Waals surface area contributed by atoms with E-state index in [9.17, 15) is 9.18 Å². The van der Waals surface area contributed by atoms with Crippen LogP contribution in [0.1, 0.15) is 12.8 Å². The van der Waals surface area contributed by atoms with Crippen LogP contribution in [0.3, 0.4) is 0 Å². The molecule has 1 aliphatic heterocycles. The van der Waals surface area contributed by atoms with Crippen molar-refractivity contribution in [3.8, 4) is 5.75 Å². The summed E-state index contributed by atoms with van der Waals surface area (Å²) >= 11 is 0. The fourth-order valence-corrected chi connectivity index (χ4v) is 2.96. The molecule has 1 saturated heterocycles. The molecule has 6 heteroatoms. The lowest BCUT2D eigenvalue weighted by Crippen LogP contribution is -2.35. The molecule has 0 atom stereocenters. The van der Waals surface area contributed by atoms with E-state index in [4.69, 9.17) is 4.74 Å². The van der Waals surface area contributed by atoms with Crippen molar-refractivity contribution in [2.45, 2.75) is 12.8 Å². The summed E-state index contributed by atoms with van der Waals surface area (Å²) in [6.07, 6.45) is 2.37. The van der Waals surface area contributed by atoms with Gasteiger partial charge in [0.15, 0.2) is 0 Å². The topological polar surface area (TPSA) is 44.8 Å². The Morgan fingerprint density at radius 3 is 2.58 bits per heavy atom. The van der Waals surface area contributed by atoms with Crippen molar-refractivity contribution < 1.29 is 13.9 Å². The highest BCUT2D eigenvalue weighted by Gasteiger charge is 2.17. The Bertz CT molecular complexity index is 730. The summed E-state index contributed by atoms with van der Waals surface area (Å²) in [7, 11) is 1.72. The van der Waals surface area contributed by atoms with Crippen molar-refractivity contribution in [1.29, 1.82) is 0 Å². The molecule has 2 amide bonds. The molecule has 2 aromatic rings. The van der Waals surface area contributed by atoms with E-state index >= 15 is 0 Å². The number of hydrogen-bond donors (Lipinski definition) is 1. The fourth-order valence-electron chi connectivity index (χ4n) is 2.96. The lowest BCUT2D eigenvalue weighted by Gasteiger charge is -2.23. The molecule has 0 aromatic heterocycles. The number of carbonyl (C=O) groups is 1. The van der Waals surface area contributed by atoms with Gasteiger partial charge in [-0.1, -0.05) is 12.1 Å². The molecular weight excluding hydrogens is 333 g/mol. The Balaban J connectivity index is 1.52. The van der Waals surface area contributed by atoms with Gasteiger partial charge in [0.1, 0.15) is 18.2 Å². The smallest absolute Gasteiger partial charge is 0.321 e. The number of amides is 2. The largest absolute Gasteiger partial charge is 0.492 e. The Labute approximate surface area is 153 Å². The van der Waals surface area contributed by atoms with Crippen molar-refractivity contribution >= 4 is 17.4 Å². The van der Waals surface area contributed by atoms with Crippen LogP contribution in [0.5, 0.6) is 5.75 Å². The molecule has 138 valence electrons. The van der Waals surface area contributed by atoms with E-state index in [0.717, 1.165) is 24.5 Å². The molecule has 1 N–H and O–H groups in total. The Hall–Kier alpha value is -2.76. The average molecular weight is 357 g/mol. The van der Waals surface area contributed by atoms with Gasteiger partial charge in [0.2, 0.25) is 0 Å². The number of ether oxygens (including phenoxy) is 1. The number of nitrogens with zero attached hydrogens (tertiary/aromatic N) is 2. The zero-order valence-electron chi connectivity index (χ0n) is 15.0. The first-order chi connectivity index (χ1) is 12.6. The third-order valence-corrected chi connectivity index (χ3v) is 4.45. The quantitative estimate of drug-likeness (QED) is 0.851. The average Bonchev–Trinajstić information content (AvgIpc) is 3.18. The molecule has 0 saturated carbocycles. The van der Waals surface area contributed by atoms with Crippen molar-refractivity contribution in [3.05, 3.63) is 54.3 Å². The van der Waals surface area contributed by atoms with Crippen LogP contribution in [0.2, 0.25) is 0 Å². The van der Waals surface area contributed by atoms with Gasteiger partial charge in [-0.25, -0.2) is 9.18 Å². The molecule has 0 spiro atoms. The van der Waals surface area contributed by atoms with Gasteiger partial charge in [0.05, 0.1) is 17.9 Å². The van der Waals surface area contributed by atoms with Crippen LogP contribution in [0.25, 0.3) is 0 Å². The number of anilines is 2. The number of benzene rings is 2. The van der Waals surface area contributed by atoms with E-state index in [1.54, 1.807) is 24.1 Å². The van der Waals surface area contributed by atoms with E-state index in [0.29, 0.717) is 18.9 Å². The molecule has 1 aliphatic rings. The second-order valence-corrected chi connectivity index (χ2v) is 6.37. The summed E-state index contributed by atoms with van der Waals surface area (Å²) < 4.78 is 18.4. The standard InChI is InChI=1S/C20H24FN3O2/c1-23(14-15-26-17-10-8-16(21)9-11-17)20(25)22-18-6-2-3-7-19(18)24-12-4-5-13-24/h2-3,6-11H,4-5,12-15H2,1H3,(H,22,25). The highest BCUT2D eigenvalue weighted by molar-refractivity contribution is 5.93. The minimum atomic E-state index is -0.300. The fraction of sp³-hybridized carbons (Fsp3) is 0.350. The van der Waals surface area contributed by atoms with E-state index in [1.165, 1.54) is 25.0 Å². The third kappa shape index (κ3) is 4.65. The molecule has 0 radical (unpaired) electrons. The van der Waals surface area contributed by atoms with Crippen molar-refractivity contribution in [2.24, 2.45) is 0 Å². The van der Waals surface area contributed by atoms with Gasteiger partial charge < -0.3 is 19.9 Å². The molecule has 0 bridgehead atoms. The monoisotopic (exact) mass is 357 g/mol. The molecule has 5 nitrogen and oxygen atoms in total. The first-order valence-electron chi connectivity index (χ1n) is 8.88. The number of halogens is 1. The third-order valence-electron chi connectivity index (χ3n) is 4.45. The number of likely N-dealkylation sites (N-methyl/N-ethyl adjacent to an activating group) is 1. The summed E-state index contributed by atoms with van der Waals surface area (Å²) in [4.78, 5) is 16.3. The molecule has 1 fully saturated rings. The van der Waals surface area contributed by atoms with E-state index < -0.39 is 0 Å². The molecule has 26 heavy (non-hydrogen) atoms. The van der Waals surface area contributed by atoms with Crippen LogP contribution >= 0.6 is 0 Å². The van der Waals surface area contributed by atoms with Crippen LogP contribution in [0, 0.1) is 5.82 Å². The van der Waals surface area contributed by atoms with E-state index in [2.05, 4.69) is 10.2 Å². The Morgan fingerprint density at radius 2 is 1.85 bits per heavy atom. The molecule has 0 unspecified atom stereocenters. The molecule has 0 aliphatic carbocycles. The van der Waals surface area contributed by atoms with Crippen LogP contribution in [0.4, 0.5) is 20.6 Å². The molecule has 2 aromatic carbocycles. The molecule has 1 heterocycles. The Kier molecular flexibility index (Phi) is 5.94. The summed E-state index contributed by atoms with van der Waals surface area (Å²) in [5.41, 5.74) is 1.89. The normalized spacial score (nSPS) is 13.5. The van der Waals surface area contributed by atoms with Crippen molar-refractivity contribution in [3.63, 3.8) is 0 Å². The van der Waals surface area contributed by atoms with Gasteiger partial charge in [-0.15, -0.1) is 0 Å². The molecular formula is C20H24FN3O2. The minimum absolute atomic E-state index is 0.181. The first kappa shape index (κ1) is 18.0. The van der Waals surface area contributed by atoms with Crippen LogP contribution in [-0.4, -0.2) is 44.2 Å². The van der Waals surface area contributed by atoms with Crippen molar-refractivity contribution in [1.82, 2.24) is 4.90 Å². The number of rotatable bonds is 6. The second kappa shape index (κ2) is 8.56. The van der Waals surface area contributed by atoms with Gasteiger partial charge >= 0.3 is 6.03 Å². The van der Waals surface area contributed by atoms with Crippen LogP contribution < -0.4 is 15.0 Å². The number of nitrogens with one attached hydrogen (secondary N) is 1. The van der Waals surface area contributed by atoms with Gasteiger partial charge in [-0.3, -0.25) is 0 Å². The highest BCUT2D eigenvalue weighted by Crippen LogP contribution is 2.28. The Morgan fingerprint density at radius 1 is 1.15 bits per heavy atom. The molecule has 3 rings (SSSR count). The zero-order valence-corrected chi connectivity index (χ0v) is 15.0. The lowest BCUT2D eigenvalue weighted by atomic mass is 10.2. The number of carbonyl (C=O) groups excluding carboxylic acids is 1. The summed E-state index contributed by atoms with van der Waals surface area (Å²) in [5, 5.41) is 2.98. The second-order valence-electron chi connectivity index (χ2n) is 6.37.